The number of Topliss-reactive ketones (excluding diaryl/α,β-unsaturated/α-hetero) is 1. The molecule has 5 aromatic rings. The number of fused-ring (bicyclic) bond motifs is 5. The van der Waals surface area contributed by atoms with Crippen molar-refractivity contribution >= 4 is 40.6 Å². The minimum Gasteiger partial charge on any atom is -0.361 e. The topological polar surface area (TPSA) is 41.1 Å². The number of halogens is 1. The third kappa shape index (κ3) is 6.07. The van der Waals surface area contributed by atoms with Gasteiger partial charge in [0.25, 0.3) is 0 Å². The molecule has 0 unspecified atom stereocenters. The Morgan fingerprint density at radius 3 is 2.47 bits per heavy atom. The predicted molar refractivity (Wildman–Crippen MR) is 192 cm³/mol. The van der Waals surface area contributed by atoms with Crippen molar-refractivity contribution in [3.8, 4) is 0 Å². The fourth-order valence-corrected chi connectivity index (χ4v) is 6.90. The number of hydrogen-bond donors (Lipinski definition) is 2. The zero-order chi connectivity index (χ0) is 32.3. The number of rotatable bonds is 4. The van der Waals surface area contributed by atoms with E-state index < -0.39 is 0 Å². The normalized spacial score (nSPS) is 13.7. The summed E-state index contributed by atoms with van der Waals surface area (Å²) in [6, 6.07) is 31.9. The van der Waals surface area contributed by atoms with Gasteiger partial charge < -0.3 is 10.6 Å². The third-order valence-electron chi connectivity index (χ3n) is 9.32. The van der Waals surface area contributed by atoms with Crippen LogP contribution in [0.1, 0.15) is 51.0 Å². The zero-order valence-corrected chi connectivity index (χ0v) is 26.7. The van der Waals surface area contributed by atoms with Crippen LogP contribution in [0.15, 0.2) is 115 Å². The predicted octanol–water partition coefficient (Wildman–Crippen LogP) is 8.82. The molecule has 2 aliphatic carbocycles. The third-order valence-corrected chi connectivity index (χ3v) is 9.32. The molecule has 1 heterocycles. The van der Waals surface area contributed by atoms with Crippen LogP contribution < -0.4 is 21.1 Å². The maximum atomic E-state index is 14.4. The highest BCUT2D eigenvalue weighted by molar-refractivity contribution is 6.25. The average molecular weight is 617 g/mol. The maximum absolute atomic E-state index is 14.4. The standard InChI is InChI=1S/C33H28FNO.C10H9N/c1-20-7-3-4-12-32(20)35-22-13-14-23(21(2)19-22)33(36)30-10-5-8-24-26-17-18-29-25(9-6-11-31(29)34)27(26)15-16-28(24)30;1-2-7-10-9(5-1)6-3-4-8-11-10/h3-4,6-7,9,11-16,18-19,35H,5,8,10,17H2,1-2H3;1-8,11H. The first-order chi connectivity index (χ1) is 23.0. The molecule has 3 nitrogen and oxygen atoms in total. The van der Waals surface area contributed by atoms with Crippen LogP contribution in [0.4, 0.5) is 21.5 Å². The van der Waals surface area contributed by atoms with E-state index in [0.29, 0.717) is 11.6 Å². The van der Waals surface area contributed by atoms with Crippen molar-refractivity contribution in [2.75, 3.05) is 10.6 Å². The lowest BCUT2D eigenvalue weighted by Gasteiger charge is -2.21. The summed E-state index contributed by atoms with van der Waals surface area (Å²) < 4.78 is 14.4. The van der Waals surface area contributed by atoms with Crippen LogP contribution in [0.5, 0.6) is 0 Å². The van der Waals surface area contributed by atoms with Crippen LogP contribution >= 0.6 is 0 Å². The first-order valence-corrected chi connectivity index (χ1v) is 16.3. The molecule has 2 N–H and O–H groups in total. The number of allylic oxidation sites excluding steroid dienone is 2. The smallest absolute Gasteiger partial charge is 0.189 e. The molecule has 0 saturated heterocycles. The van der Waals surface area contributed by atoms with Gasteiger partial charge in [0, 0.05) is 39.6 Å². The van der Waals surface area contributed by atoms with E-state index in [1.54, 1.807) is 6.07 Å². The Morgan fingerprint density at radius 2 is 1.60 bits per heavy atom. The highest BCUT2D eigenvalue weighted by atomic mass is 19.1. The van der Waals surface area contributed by atoms with Crippen molar-refractivity contribution < 1.29 is 9.18 Å². The molecule has 5 aromatic carbocycles. The van der Waals surface area contributed by atoms with Gasteiger partial charge in [0.1, 0.15) is 5.82 Å². The van der Waals surface area contributed by atoms with Crippen LogP contribution in [0, 0.1) is 30.1 Å². The molecule has 0 radical (unpaired) electrons. The summed E-state index contributed by atoms with van der Waals surface area (Å²) in [5, 5.41) is 10.5. The molecule has 4 heteroatoms. The Bertz CT molecular complexity index is 2320. The highest BCUT2D eigenvalue weighted by Crippen LogP contribution is 2.27. The van der Waals surface area contributed by atoms with Gasteiger partial charge in [-0.2, -0.15) is 0 Å². The van der Waals surface area contributed by atoms with E-state index in [2.05, 4.69) is 66.1 Å². The number of aryl methyl sites for hydroxylation is 2. The van der Waals surface area contributed by atoms with Gasteiger partial charge >= 0.3 is 0 Å². The quantitative estimate of drug-likeness (QED) is 0.198. The van der Waals surface area contributed by atoms with Crippen molar-refractivity contribution in [1.82, 2.24) is 0 Å². The van der Waals surface area contributed by atoms with Crippen molar-refractivity contribution in [2.24, 2.45) is 0 Å². The number of ketones is 1. The van der Waals surface area contributed by atoms with Crippen LogP contribution in [-0.2, 0) is 12.8 Å². The lowest BCUT2D eigenvalue weighted by molar-refractivity contribution is 0.105. The summed E-state index contributed by atoms with van der Waals surface area (Å²) in [5.41, 5.74) is 10.7. The van der Waals surface area contributed by atoms with Gasteiger partial charge in [0.2, 0.25) is 0 Å². The Balaban J connectivity index is 0.000000269. The van der Waals surface area contributed by atoms with E-state index in [1.165, 1.54) is 28.3 Å². The van der Waals surface area contributed by atoms with Gasteiger partial charge in [-0.15, -0.1) is 0 Å². The summed E-state index contributed by atoms with van der Waals surface area (Å²) >= 11 is 0. The second kappa shape index (κ2) is 13.1. The minimum absolute atomic E-state index is 0.113. The van der Waals surface area contributed by atoms with Crippen LogP contribution in [-0.4, -0.2) is 5.78 Å². The molecule has 0 fully saturated rings. The second-order valence-electron chi connectivity index (χ2n) is 12.3. The molecular weight excluding hydrogens is 579 g/mol. The first kappa shape index (κ1) is 30.2. The van der Waals surface area contributed by atoms with E-state index in [1.807, 2.05) is 73.8 Å². The SMILES string of the molecule is C1=CNc2ccccc2C=C1.Cc1ccccc1Nc1ccc(C(=O)C2=c3ccc4c(c3CCC2)CC=c2c(F)cccc2=4)c(C)c1. The second-order valence-corrected chi connectivity index (χ2v) is 12.3. The zero-order valence-electron chi connectivity index (χ0n) is 26.7. The van der Waals surface area contributed by atoms with Crippen LogP contribution in [0.25, 0.3) is 17.7 Å². The lowest BCUT2D eigenvalue weighted by atomic mass is 9.83. The fourth-order valence-electron chi connectivity index (χ4n) is 6.90. The number of benzene rings is 5. The van der Waals surface area contributed by atoms with Gasteiger partial charge in [-0.1, -0.05) is 78.9 Å². The first-order valence-electron chi connectivity index (χ1n) is 16.3. The Morgan fingerprint density at radius 1 is 0.766 bits per heavy atom. The molecular formula is C43H37FN2O. The molecule has 47 heavy (non-hydrogen) atoms. The van der Waals surface area contributed by atoms with Crippen molar-refractivity contribution in [3.63, 3.8) is 0 Å². The maximum Gasteiger partial charge on any atom is 0.189 e. The highest BCUT2D eigenvalue weighted by Gasteiger charge is 2.22. The van der Waals surface area contributed by atoms with Gasteiger partial charge in [-0.3, -0.25) is 4.79 Å². The monoisotopic (exact) mass is 616 g/mol. The number of carbonyl (C=O) groups excluding carboxylic acids is 1. The van der Waals surface area contributed by atoms with Gasteiger partial charge in [-0.05, 0) is 125 Å². The Labute approximate surface area is 274 Å². The molecule has 0 aromatic heterocycles. The number of hydrogen-bond acceptors (Lipinski definition) is 3. The molecule has 0 bridgehead atoms. The summed E-state index contributed by atoms with van der Waals surface area (Å²) in [4.78, 5) is 13.8. The summed E-state index contributed by atoms with van der Waals surface area (Å²) in [6.07, 6.45) is 13.4. The van der Waals surface area contributed by atoms with Crippen molar-refractivity contribution in [1.29, 1.82) is 0 Å². The summed E-state index contributed by atoms with van der Waals surface area (Å²) in [7, 11) is 0. The summed E-state index contributed by atoms with van der Waals surface area (Å²) in [5.74, 6) is -0.0591. The van der Waals surface area contributed by atoms with E-state index >= 15 is 0 Å². The molecule has 0 atom stereocenters. The van der Waals surface area contributed by atoms with E-state index in [9.17, 15) is 9.18 Å². The minimum atomic E-state index is -0.172. The lowest BCUT2D eigenvalue weighted by Crippen LogP contribution is -2.26. The number of anilines is 3. The van der Waals surface area contributed by atoms with Crippen molar-refractivity contribution in [2.45, 2.75) is 39.5 Å². The van der Waals surface area contributed by atoms with Gasteiger partial charge in [0.05, 0.1) is 0 Å². The number of carbonyl (C=O) groups is 1. The van der Waals surface area contributed by atoms with Gasteiger partial charge in [0.15, 0.2) is 5.78 Å². The Kier molecular flexibility index (Phi) is 8.41. The van der Waals surface area contributed by atoms with E-state index in [-0.39, 0.29) is 11.6 Å². The average Bonchev–Trinajstić information content (AvgIpc) is 3.35. The van der Waals surface area contributed by atoms with Crippen LogP contribution in [0.3, 0.4) is 0 Å². The van der Waals surface area contributed by atoms with Crippen molar-refractivity contribution in [3.05, 3.63) is 175 Å². The Hall–Kier alpha value is -5.48. The largest absolute Gasteiger partial charge is 0.361 e. The van der Waals surface area contributed by atoms with E-state index in [4.69, 9.17) is 0 Å². The molecule has 0 spiro atoms. The van der Waals surface area contributed by atoms with Gasteiger partial charge in [-0.25, -0.2) is 4.39 Å². The molecule has 232 valence electrons. The molecule has 0 amide bonds. The summed E-state index contributed by atoms with van der Waals surface area (Å²) in [6.45, 7) is 4.09. The van der Waals surface area contributed by atoms with Crippen LogP contribution in [0.2, 0.25) is 0 Å². The molecule has 0 saturated carbocycles. The van der Waals surface area contributed by atoms with E-state index in [0.717, 1.165) is 68.7 Å². The molecule has 8 rings (SSSR count). The number of para-hydroxylation sites is 2. The molecule has 3 aliphatic rings. The number of nitrogens with one attached hydrogen (secondary N) is 2. The molecule has 1 aliphatic heterocycles. The fraction of sp³-hybridized carbons (Fsp3) is 0.140.